The third kappa shape index (κ3) is 5.37. The number of ether oxygens (including phenoxy) is 1. The molecule has 0 atom stereocenters. The molecule has 0 unspecified atom stereocenters. The van der Waals surface area contributed by atoms with Crippen molar-refractivity contribution >= 4 is 62.4 Å². The highest BCUT2D eigenvalue weighted by Crippen LogP contribution is 2.30. The normalized spacial score (nSPS) is 13.9. The van der Waals surface area contributed by atoms with Crippen molar-refractivity contribution in [1.29, 1.82) is 0 Å². The fourth-order valence-corrected chi connectivity index (χ4v) is 4.87. The van der Waals surface area contributed by atoms with Gasteiger partial charge < -0.3 is 9.64 Å². The molecule has 30 heavy (non-hydrogen) atoms. The summed E-state index contributed by atoms with van der Waals surface area (Å²) >= 11 is 17.9. The fourth-order valence-electron chi connectivity index (χ4n) is 2.88. The lowest BCUT2D eigenvalue weighted by Crippen LogP contribution is -2.32. The van der Waals surface area contributed by atoms with Crippen LogP contribution < -0.4 is 4.72 Å². The highest BCUT2D eigenvalue weighted by molar-refractivity contribution is 7.92. The number of amides is 1. The maximum Gasteiger partial charge on any atom is 0.338 e. The Balaban J connectivity index is 1.77. The number of carbonyl (C=O) groups is 2. The first kappa shape index (κ1) is 22.7. The van der Waals surface area contributed by atoms with Crippen LogP contribution >= 0.6 is 34.8 Å². The predicted molar refractivity (Wildman–Crippen MR) is 115 cm³/mol. The maximum atomic E-state index is 12.8. The van der Waals surface area contributed by atoms with Crippen LogP contribution in [0.3, 0.4) is 0 Å². The van der Waals surface area contributed by atoms with E-state index in [9.17, 15) is 18.0 Å². The second-order valence-corrected chi connectivity index (χ2v) is 9.44. The average molecular weight is 492 g/mol. The summed E-state index contributed by atoms with van der Waals surface area (Å²) in [5.74, 6) is -1.13. The van der Waals surface area contributed by atoms with E-state index in [4.69, 9.17) is 39.5 Å². The van der Waals surface area contributed by atoms with Gasteiger partial charge in [0.2, 0.25) is 0 Å². The van der Waals surface area contributed by atoms with Crippen molar-refractivity contribution in [3.8, 4) is 0 Å². The van der Waals surface area contributed by atoms with E-state index in [0.29, 0.717) is 13.1 Å². The van der Waals surface area contributed by atoms with Crippen molar-refractivity contribution in [1.82, 2.24) is 4.90 Å². The first-order chi connectivity index (χ1) is 14.2. The molecule has 0 aromatic heterocycles. The van der Waals surface area contributed by atoms with Gasteiger partial charge in [-0.25, -0.2) is 13.2 Å². The van der Waals surface area contributed by atoms with E-state index in [1.165, 1.54) is 30.3 Å². The molecular weight excluding hydrogens is 475 g/mol. The lowest BCUT2D eigenvalue weighted by molar-refractivity contribution is -0.133. The summed E-state index contributed by atoms with van der Waals surface area (Å²) in [6, 6.07) is 7.94. The lowest BCUT2D eigenvalue weighted by atomic mass is 10.2. The number of esters is 1. The summed E-state index contributed by atoms with van der Waals surface area (Å²) in [5.41, 5.74) is -0.00406. The molecule has 1 N–H and O–H groups in total. The number of hydrogen-bond acceptors (Lipinski definition) is 5. The van der Waals surface area contributed by atoms with E-state index in [2.05, 4.69) is 4.72 Å². The summed E-state index contributed by atoms with van der Waals surface area (Å²) in [6.07, 6.45) is 1.84. The molecule has 1 heterocycles. The van der Waals surface area contributed by atoms with Crippen LogP contribution in [0.2, 0.25) is 15.1 Å². The number of nitrogens with zero attached hydrogens (tertiary/aromatic N) is 1. The molecule has 11 heteroatoms. The number of benzene rings is 2. The van der Waals surface area contributed by atoms with Crippen molar-refractivity contribution in [2.75, 3.05) is 24.4 Å². The van der Waals surface area contributed by atoms with Crippen LogP contribution in [0.25, 0.3) is 0 Å². The third-order valence-corrected chi connectivity index (χ3v) is 6.83. The topological polar surface area (TPSA) is 92.8 Å². The molecule has 1 amide bonds. The Morgan fingerprint density at radius 3 is 2.37 bits per heavy atom. The van der Waals surface area contributed by atoms with Crippen molar-refractivity contribution in [2.24, 2.45) is 0 Å². The smallest absolute Gasteiger partial charge is 0.338 e. The molecule has 1 aliphatic rings. The maximum absolute atomic E-state index is 12.8. The highest BCUT2D eigenvalue weighted by atomic mass is 35.5. The first-order valence-corrected chi connectivity index (χ1v) is 11.5. The van der Waals surface area contributed by atoms with Gasteiger partial charge in [-0.2, -0.15) is 0 Å². The van der Waals surface area contributed by atoms with Crippen LogP contribution in [0.15, 0.2) is 41.3 Å². The lowest BCUT2D eigenvalue weighted by Gasteiger charge is -2.15. The van der Waals surface area contributed by atoms with Gasteiger partial charge in [0.05, 0.1) is 21.3 Å². The van der Waals surface area contributed by atoms with E-state index in [-0.39, 0.29) is 37.1 Å². The zero-order valence-electron chi connectivity index (χ0n) is 15.5. The molecule has 1 saturated heterocycles. The fraction of sp³-hybridized carbons (Fsp3) is 0.263. The Morgan fingerprint density at radius 2 is 1.67 bits per heavy atom. The molecule has 0 saturated carbocycles. The summed E-state index contributed by atoms with van der Waals surface area (Å²) < 4.78 is 32.9. The number of likely N-dealkylation sites (tertiary alicyclic amines) is 1. The SMILES string of the molecule is O=C(OCC(=O)N1CCCC1)c1ccc(Cl)c(S(=O)(=O)Nc2cc(Cl)ccc2Cl)c1. The molecule has 1 fully saturated rings. The minimum atomic E-state index is -4.19. The van der Waals surface area contributed by atoms with Gasteiger partial charge in [0.25, 0.3) is 15.9 Å². The standard InChI is InChI=1S/C19H17Cl3N2O5S/c20-13-4-6-14(21)16(10-13)23-30(27,28)17-9-12(3-5-15(17)22)19(26)29-11-18(25)24-7-1-2-8-24/h3-6,9-10,23H,1-2,7-8,11H2. The predicted octanol–water partition coefficient (Wildman–Crippen LogP) is 4.23. The number of nitrogens with one attached hydrogen (secondary N) is 1. The average Bonchev–Trinajstić information content (AvgIpc) is 3.23. The van der Waals surface area contributed by atoms with Crippen LogP contribution in [-0.2, 0) is 19.6 Å². The third-order valence-electron chi connectivity index (χ3n) is 4.41. The zero-order chi connectivity index (χ0) is 21.9. The van der Waals surface area contributed by atoms with Crippen molar-refractivity contribution in [2.45, 2.75) is 17.7 Å². The molecule has 160 valence electrons. The largest absolute Gasteiger partial charge is 0.452 e. The van der Waals surface area contributed by atoms with Gasteiger partial charge in [0, 0.05) is 18.1 Å². The number of halogens is 3. The van der Waals surface area contributed by atoms with Gasteiger partial charge in [-0.3, -0.25) is 9.52 Å². The molecule has 3 rings (SSSR count). The molecule has 0 radical (unpaired) electrons. The van der Waals surface area contributed by atoms with Crippen molar-refractivity contribution < 1.29 is 22.7 Å². The van der Waals surface area contributed by atoms with Crippen molar-refractivity contribution in [3.05, 3.63) is 57.0 Å². The summed E-state index contributed by atoms with van der Waals surface area (Å²) in [6.45, 7) is 0.856. The Hall–Kier alpha value is -2.00. The van der Waals surface area contributed by atoms with Crippen molar-refractivity contribution in [3.63, 3.8) is 0 Å². The molecule has 2 aromatic rings. The molecule has 0 bridgehead atoms. The molecule has 7 nitrogen and oxygen atoms in total. The Morgan fingerprint density at radius 1 is 1.00 bits per heavy atom. The van der Waals surface area contributed by atoms with Gasteiger partial charge in [-0.05, 0) is 49.2 Å². The minimum Gasteiger partial charge on any atom is -0.452 e. The Bertz CT molecular complexity index is 1090. The van der Waals surface area contributed by atoms with Gasteiger partial charge in [0.15, 0.2) is 6.61 Å². The van der Waals surface area contributed by atoms with E-state index in [0.717, 1.165) is 18.9 Å². The second-order valence-electron chi connectivity index (χ2n) is 6.54. The van der Waals surface area contributed by atoms with Gasteiger partial charge >= 0.3 is 5.97 Å². The van der Waals surface area contributed by atoms with Crippen LogP contribution in [0.5, 0.6) is 0 Å². The van der Waals surface area contributed by atoms with Crippen LogP contribution in [0, 0.1) is 0 Å². The number of sulfonamides is 1. The number of rotatable bonds is 6. The summed E-state index contributed by atoms with van der Waals surface area (Å²) in [7, 11) is -4.19. The van der Waals surface area contributed by atoms with Crippen LogP contribution in [-0.4, -0.2) is 44.9 Å². The minimum absolute atomic E-state index is 0.0597. The van der Waals surface area contributed by atoms with Gasteiger partial charge in [-0.1, -0.05) is 34.8 Å². The second kappa shape index (κ2) is 9.43. The van der Waals surface area contributed by atoms with E-state index in [1.54, 1.807) is 4.90 Å². The molecular formula is C19H17Cl3N2O5S. The quantitative estimate of drug-likeness (QED) is 0.611. The van der Waals surface area contributed by atoms with Gasteiger partial charge in [-0.15, -0.1) is 0 Å². The molecule has 1 aliphatic heterocycles. The van der Waals surface area contributed by atoms with E-state index >= 15 is 0 Å². The van der Waals surface area contributed by atoms with Gasteiger partial charge in [0.1, 0.15) is 4.90 Å². The number of hydrogen-bond donors (Lipinski definition) is 1. The summed E-state index contributed by atoms with van der Waals surface area (Å²) in [5, 5.41) is 0.309. The van der Waals surface area contributed by atoms with E-state index in [1.807, 2.05) is 0 Å². The molecule has 2 aromatic carbocycles. The Labute approximate surface area is 188 Å². The summed E-state index contributed by atoms with van der Waals surface area (Å²) in [4.78, 5) is 25.6. The van der Waals surface area contributed by atoms with Crippen LogP contribution in [0.1, 0.15) is 23.2 Å². The monoisotopic (exact) mass is 490 g/mol. The van der Waals surface area contributed by atoms with Crippen LogP contribution in [0.4, 0.5) is 5.69 Å². The molecule has 0 aliphatic carbocycles. The first-order valence-electron chi connectivity index (χ1n) is 8.90. The molecule has 0 spiro atoms. The van der Waals surface area contributed by atoms with E-state index < -0.39 is 22.6 Å². The number of carbonyl (C=O) groups excluding carboxylic acids is 2. The number of anilines is 1. The zero-order valence-corrected chi connectivity index (χ0v) is 18.6. The highest BCUT2D eigenvalue weighted by Gasteiger charge is 2.23. The Kier molecular flexibility index (Phi) is 7.13.